The Morgan fingerprint density at radius 1 is 0.833 bits per heavy atom. The Balaban J connectivity index is 0.00000169. The first-order chi connectivity index (χ1) is 11.4. The van der Waals surface area contributed by atoms with Gasteiger partial charge in [-0.15, -0.1) is 17.7 Å². The summed E-state index contributed by atoms with van der Waals surface area (Å²) in [6.07, 6.45) is 1.69. The molecule has 4 rings (SSSR count). The number of tetrazole rings is 1. The van der Waals surface area contributed by atoms with Crippen LogP contribution in [0.25, 0.3) is 22.5 Å². The number of rotatable bonds is 3. The van der Waals surface area contributed by atoms with Crippen molar-refractivity contribution in [1.29, 1.82) is 0 Å². The van der Waals surface area contributed by atoms with E-state index in [-0.39, 0.29) is 20.1 Å². The SMILES string of the molecule is [Ir].[c-]1ccc(-c2ccccc2)cc1-[n+]1ncn(-c2ccccc2)n1. The zero-order chi connectivity index (χ0) is 15.5. The molecule has 0 aliphatic heterocycles. The fraction of sp³-hybridized carbons (Fsp3) is 0. The van der Waals surface area contributed by atoms with Crippen LogP contribution >= 0.6 is 0 Å². The minimum absolute atomic E-state index is 0. The van der Waals surface area contributed by atoms with Gasteiger partial charge in [-0.05, 0) is 27.6 Å². The Morgan fingerprint density at radius 2 is 1.54 bits per heavy atom. The van der Waals surface area contributed by atoms with Crippen molar-refractivity contribution in [1.82, 2.24) is 15.0 Å². The molecule has 119 valence electrons. The fourth-order valence-corrected chi connectivity index (χ4v) is 2.42. The van der Waals surface area contributed by atoms with Gasteiger partial charge in [0.2, 0.25) is 0 Å². The molecule has 0 saturated heterocycles. The summed E-state index contributed by atoms with van der Waals surface area (Å²) in [7, 11) is 0. The van der Waals surface area contributed by atoms with E-state index in [2.05, 4.69) is 28.5 Å². The van der Waals surface area contributed by atoms with E-state index in [9.17, 15) is 0 Å². The van der Waals surface area contributed by atoms with E-state index in [0.717, 1.165) is 22.5 Å². The first kappa shape index (κ1) is 16.2. The summed E-state index contributed by atoms with van der Waals surface area (Å²) in [5.41, 5.74) is 4.05. The van der Waals surface area contributed by atoms with Gasteiger partial charge >= 0.3 is 0 Å². The summed E-state index contributed by atoms with van der Waals surface area (Å²) in [5.74, 6) is 0. The molecule has 0 bridgehead atoms. The minimum atomic E-state index is 0. The number of nitrogens with zero attached hydrogens (tertiary/aromatic N) is 4. The van der Waals surface area contributed by atoms with Crippen molar-refractivity contribution < 1.29 is 24.9 Å². The maximum Gasteiger partial charge on any atom is 0.253 e. The van der Waals surface area contributed by atoms with Gasteiger partial charge in [0.15, 0.2) is 5.69 Å². The summed E-state index contributed by atoms with van der Waals surface area (Å²) in [6, 6.07) is 29.3. The average Bonchev–Trinajstić information content (AvgIpc) is 3.14. The van der Waals surface area contributed by atoms with E-state index < -0.39 is 0 Å². The Bertz CT molecular complexity index is 920. The van der Waals surface area contributed by atoms with E-state index in [4.69, 9.17) is 0 Å². The summed E-state index contributed by atoms with van der Waals surface area (Å²) >= 11 is 0. The molecule has 0 unspecified atom stereocenters. The fourth-order valence-electron chi connectivity index (χ4n) is 2.42. The number of hydrogen-bond donors (Lipinski definition) is 0. The van der Waals surface area contributed by atoms with Crippen LogP contribution in [0.4, 0.5) is 0 Å². The molecule has 0 atom stereocenters. The molecule has 1 heterocycles. The maximum atomic E-state index is 4.48. The third-order valence-electron chi connectivity index (χ3n) is 3.58. The Hall–Kier alpha value is -2.62. The van der Waals surface area contributed by atoms with Crippen molar-refractivity contribution in [2.75, 3.05) is 0 Å². The zero-order valence-electron chi connectivity index (χ0n) is 12.7. The number of hydrogen-bond acceptors (Lipinski definition) is 2. The molecule has 0 aliphatic rings. The van der Waals surface area contributed by atoms with Crippen LogP contribution < -0.4 is 4.80 Å². The molecule has 0 aliphatic carbocycles. The van der Waals surface area contributed by atoms with Crippen LogP contribution in [0.2, 0.25) is 0 Å². The van der Waals surface area contributed by atoms with Crippen molar-refractivity contribution in [3.8, 4) is 22.5 Å². The van der Waals surface area contributed by atoms with Crippen molar-refractivity contribution in [3.63, 3.8) is 0 Å². The van der Waals surface area contributed by atoms with E-state index in [1.165, 1.54) is 0 Å². The summed E-state index contributed by atoms with van der Waals surface area (Å²) in [5, 5.41) is 8.81. The monoisotopic (exact) mass is 491 g/mol. The van der Waals surface area contributed by atoms with Crippen molar-refractivity contribution >= 4 is 0 Å². The summed E-state index contributed by atoms with van der Waals surface area (Å²) in [6.45, 7) is 0. The van der Waals surface area contributed by atoms with E-state index >= 15 is 0 Å². The molecule has 0 fully saturated rings. The molecule has 0 amide bonds. The van der Waals surface area contributed by atoms with E-state index in [0.29, 0.717) is 0 Å². The molecule has 24 heavy (non-hydrogen) atoms. The third kappa shape index (κ3) is 3.32. The first-order valence-electron chi connectivity index (χ1n) is 7.37. The molecule has 0 spiro atoms. The molecular formula is C19H14IrN4. The van der Waals surface area contributed by atoms with Gasteiger partial charge in [-0.25, -0.2) is 0 Å². The molecule has 1 radical (unpaired) electrons. The molecule has 5 heteroatoms. The standard InChI is InChI=1S/C19H14N4.Ir/c1-3-8-16(9-4-1)17-10-7-13-19(14-17)23-20-15-22(21-23)18-11-5-2-6-12-18;/h1-12,14-15H;. The molecule has 0 saturated carbocycles. The predicted molar refractivity (Wildman–Crippen MR) is 87.2 cm³/mol. The van der Waals surface area contributed by atoms with Gasteiger partial charge in [-0.1, -0.05) is 53.2 Å². The largest absolute Gasteiger partial charge is 0.253 e. The zero-order valence-corrected chi connectivity index (χ0v) is 15.1. The number of para-hydroxylation sites is 1. The Morgan fingerprint density at radius 3 is 2.29 bits per heavy atom. The van der Waals surface area contributed by atoms with Gasteiger partial charge in [-0.2, -0.15) is 12.1 Å². The molecular weight excluding hydrogens is 476 g/mol. The van der Waals surface area contributed by atoms with Gasteiger partial charge in [0, 0.05) is 20.1 Å². The van der Waals surface area contributed by atoms with E-state index in [1.54, 1.807) is 15.8 Å². The van der Waals surface area contributed by atoms with Gasteiger partial charge in [-0.3, -0.25) is 0 Å². The van der Waals surface area contributed by atoms with Gasteiger partial charge in [0.25, 0.3) is 6.33 Å². The molecule has 4 nitrogen and oxygen atoms in total. The molecule has 1 aromatic heterocycles. The average molecular weight is 491 g/mol. The van der Waals surface area contributed by atoms with Crippen molar-refractivity contribution in [2.45, 2.75) is 0 Å². The number of aromatic nitrogens is 4. The van der Waals surface area contributed by atoms with E-state index in [1.807, 2.05) is 66.7 Å². The van der Waals surface area contributed by atoms with Crippen LogP contribution in [0.3, 0.4) is 0 Å². The first-order valence-corrected chi connectivity index (χ1v) is 7.37. The second kappa shape index (κ2) is 7.30. The van der Waals surface area contributed by atoms with Crippen molar-refractivity contribution in [3.05, 3.63) is 91.3 Å². The number of benzene rings is 3. The topological polar surface area (TPSA) is 34.6 Å². The molecule has 4 aromatic rings. The predicted octanol–water partition coefficient (Wildman–Crippen LogP) is 3.01. The molecule has 0 N–H and O–H groups in total. The van der Waals surface area contributed by atoms with Gasteiger partial charge < -0.3 is 0 Å². The maximum absolute atomic E-state index is 4.48. The van der Waals surface area contributed by atoms with Crippen LogP contribution in [-0.4, -0.2) is 15.0 Å². The van der Waals surface area contributed by atoms with Gasteiger partial charge in [0.1, 0.15) is 5.21 Å². The summed E-state index contributed by atoms with van der Waals surface area (Å²) < 4.78 is 1.74. The quantitative estimate of drug-likeness (QED) is 0.327. The van der Waals surface area contributed by atoms with Crippen LogP contribution in [0.5, 0.6) is 0 Å². The van der Waals surface area contributed by atoms with Crippen LogP contribution in [-0.2, 0) is 20.1 Å². The molecule has 3 aromatic carbocycles. The minimum Gasteiger partial charge on any atom is -0.172 e. The second-order valence-electron chi connectivity index (χ2n) is 5.12. The van der Waals surface area contributed by atoms with Crippen LogP contribution in [0.1, 0.15) is 0 Å². The smallest absolute Gasteiger partial charge is 0.172 e. The summed E-state index contributed by atoms with van der Waals surface area (Å²) in [4.78, 5) is 1.58. The third-order valence-corrected chi connectivity index (χ3v) is 3.58. The normalized spacial score (nSPS) is 10.2. The van der Waals surface area contributed by atoms with Gasteiger partial charge in [0.05, 0.1) is 5.69 Å². The Kier molecular flexibility index (Phi) is 4.94. The van der Waals surface area contributed by atoms with Crippen LogP contribution in [0, 0.1) is 6.07 Å². The van der Waals surface area contributed by atoms with Crippen molar-refractivity contribution in [2.24, 2.45) is 0 Å². The second-order valence-corrected chi connectivity index (χ2v) is 5.12. The Labute approximate surface area is 153 Å². The van der Waals surface area contributed by atoms with Crippen LogP contribution in [0.15, 0.2) is 85.2 Å².